The highest BCUT2D eigenvalue weighted by molar-refractivity contribution is 5.95. The number of guanidine groups is 1. The Balaban J connectivity index is 5.46. The van der Waals surface area contributed by atoms with E-state index in [1.165, 1.54) is 13.8 Å². The Morgan fingerprint density at radius 1 is 0.800 bits per heavy atom. The molecule has 16 nitrogen and oxygen atoms in total. The van der Waals surface area contributed by atoms with Crippen molar-refractivity contribution in [2.75, 3.05) is 13.1 Å². The number of nitrogens with zero attached hydrogens (tertiary/aromatic N) is 1. The SMILES string of the molecule is C[C@H](N)C(=O)N[C@@H](C)C(=O)N[C@@H](CCC(=O)O)C(=O)N[C@@H](CCCN=C(N)N)C(=O)NCC(=O)O. The molecule has 0 saturated carbocycles. The zero-order valence-corrected chi connectivity index (χ0v) is 19.6. The Bertz CT molecular complexity index is 813. The lowest BCUT2D eigenvalue weighted by Crippen LogP contribution is -2.57. The molecule has 16 heteroatoms. The van der Waals surface area contributed by atoms with Crippen LogP contribution < -0.4 is 38.5 Å². The van der Waals surface area contributed by atoms with Gasteiger partial charge in [-0.05, 0) is 33.1 Å². The van der Waals surface area contributed by atoms with Crippen LogP contribution in [0.3, 0.4) is 0 Å². The maximum absolute atomic E-state index is 12.8. The molecule has 0 aliphatic heterocycles. The molecule has 4 amide bonds. The molecular formula is C19H34N8O8. The summed E-state index contributed by atoms with van der Waals surface area (Å²) in [4.78, 5) is 74.9. The standard InChI is InChI=1S/C19H34N8O8/c1-9(20)15(32)25-10(2)16(33)26-12(5-6-13(28)29)18(35)27-11(4-3-7-23-19(21)22)17(34)24-8-14(30)31/h9-12H,3-8,20H2,1-2H3,(H,24,34)(H,25,32)(H,26,33)(H,27,35)(H,28,29)(H,30,31)(H4,21,22,23)/t9-,10-,11-,12-/m0/s1. The lowest BCUT2D eigenvalue weighted by atomic mass is 10.1. The number of nitrogens with one attached hydrogen (secondary N) is 4. The van der Waals surface area contributed by atoms with Gasteiger partial charge in [0.25, 0.3) is 0 Å². The van der Waals surface area contributed by atoms with Gasteiger partial charge in [0.05, 0.1) is 6.04 Å². The summed E-state index contributed by atoms with van der Waals surface area (Å²) >= 11 is 0. The first kappa shape index (κ1) is 31.0. The Labute approximate surface area is 201 Å². The zero-order valence-electron chi connectivity index (χ0n) is 19.6. The molecule has 0 unspecified atom stereocenters. The van der Waals surface area contributed by atoms with Crippen LogP contribution in [0, 0.1) is 0 Å². The second-order valence-electron chi connectivity index (χ2n) is 7.63. The summed E-state index contributed by atoms with van der Waals surface area (Å²) in [5.74, 6) is -5.82. The lowest BCUT2D eigenvalue weighted by molar-refractivity contribution is -0.138. The average Bonchev–Trinajstić information content (AvgIpc) is 2.75. The van der Waals surface area contributed by atoms with Crippen LogP contribution in [0.25, 0.3) is 0 Å². The molecule has 0 aromatic carbocycles. The monoisotopic (exact) mass is 502 g/mol. The predicted octanol–water partition coefficient (Wildman–Crippen LogP) is -4.07. The van der Waals surface area contributed by atoms with Crippen molar-refractivity contribution in [3.8, 4) is 0 Å². The molecule has 198 valence electrons. The van der Waals surface area contributed by atoms with E-state index in [-0.39, 0.29) is 31.8 Å². The van der Waals surface area contributed by atoms with E-state index >= 15 is 0 Å². The Hall–Kier alpha value is -3.95. The van der Waals surface area contributed by atoms with Gasteiger partial charge in [0.15, 0.2) is 5.96 Å². The summed E-state index contributed by atoms with van der Waals surface area (Å²) in [6.07, 6.45) is -0.568. The zero-order chi connectivity index (χ0) is 27.1. The van der Waals surface area contributed by atoms with Crippen LogP contribution in [0.5, 0.6) is 0 Å². The molecule has 4 atom stereocenters. The fourth-order valence-corrected chi connectivity index (χ4v) is 2.57. The molecule has 0 fully saturated rings. The number of rotatable bonds is 16. The molecule has 0 aliphatic rings. The molecule has 0 aromatic heterocycles. The molecule has 12 N–H and O–H groups in total. The van der Waals surface area contributed by atoms with Crippen LogP contribution in [0.2, 0.25) is 0 Å². The van der Waals surface area contributed by atoms with E-state index in [0.717, 1.165) is 0 Å². The van der Waals surface area contributed by atoms with Crippen molar-refractivity contribution in [2.45, 2.75) is 63.7 Å². The first-order valence-corrected chi connectivity index (χ1v) is 10.7. The van der Waals surface area contributed by atoms with Gasteiger partial charge in [-0.25, -0.2) is 0 Å². The van der Waals surface area contributed by atoms with Crippen LogP contribution in [0.15, 0.2) is 4.99 Å². The van der Waals surface area contributed by atoms with Gasteiger partial charge in [-0.2, -0.15) is 0 Å². The topological polar surface area (TPSA) is 281 Å². The van der Waals surface area contributed by atoms with Crippen molar-refractivity contribution in [3.63, 3.8) is 0 Å². The molecule has 0 heterocycles. The van der Waals surface area contributed by atoms with Crippen LogP contribution in [0.4, 0.5) is 0 Å². The predicted molar refractivity (Wildman–Crippen MR) is 123 cm³/mol. The fourth-order valence-electron chi connectivity index (χ4n) is 2.57. The van der Waals surface area contributed by atoms with Crippen molar-refractivity contribution < 1.29 is 39.0 Å². The minimum absolute atomic E-state index is 0.00835. The number of carbonyl (C=O) groups excluding carboxylic acids is 4. The number of hydrogen-bond acceptors (Lipinski definition) is 8. The van der Waals surface area contributed by atoms with Crippen LogP contribution in [0.1, 0.15) is 39.5 Å². The molecule has 0 aromatic rings. The third-order valence-corrected chi connectivity index (χ3v) is 4.44. The molecule has 0 rings (SSSR count). The van der Waals surface area contributed by atoms with Gasteiger partial charge in [0.1, 0.15) is 24.7 Å². The maximum Gasteiger partial charge on any atom is 0.322 e. The second-order valence-corrected chi connectivity index (χ2v) is 7.63. The highest BCUT2D eigenvalue weighted by Crippen LogP contribution is 2.04. The first-order chi connectivity index (χ1) is 16.2. The molecule has 0 radical (unpaired) electrons. The Kier molecular flexibility index (Phi) is 14.0. The quantitative estimate of drug-likeness (QED) is 0.0555. The van der Waals surface area contributed by atoms with Crippen molar-refractivity contribution in [1.29, 1.82) is 0 Å². The molecule has 35 heavy (non-hydrogen) atoms. The number of carbonyl (C=O) groups is 6. The summed E-state index contributed by atoms with van der Waals surface area (Å²) < 4.78 is 0. The van der Waals surface area contributed by atoms with Gasteiger partial charge < -0.3 is 48.7 Å². The Morgan fingerprint density at radius 2 is 1.37 bits per heavy atom. The summed E-state index contributed by atoms with van der Waals surface area (Å²) in [6, 6.07) is -4.58. The van der Waals surface area contributed by atoms with Crippen molar-refractivity contribution >= 4 is 41.5 Å². The number of aliphatic carboxylic acids is 2. The van der Waals surface area contributed by atoms with Crippen LogP contribution in [-0.4, -0.2) is 89.0 Å². The lowest BCUT2D eigenvalue weighted by Gasteiger charge is -2.24. The maximum atomic E-state index is 12.8. The normalized spacial score (nSPS) is 13.8. The third kappa shape index (κ3) is 14.0. The smallest absolute Gasteiger partial charge is 0.322 e. The van der Waals surface area contributed by atoms with E-state index < -0.39 is 72.7 Å². The van der Waals surface area contributed by atoms with Crippen LogP contribution >= 0.6 is 0 Å². The van der Waals surface area contributed by atoms with E-state index in [9.17, 15) is 28.8 Å². The fraction of sp³-hybridized carbons (Fsp3) is 0.632. The van der Waals surface area contributed by atoms with Gasteiger partial charge in [-0.3, -0.25) is 33.8 Å². The van der Waals surface area contributed by atoms with Gasteiger partial charge in [-0.1, -0.05) is 0 Å². The third-order valence-electron chi connectivity index (χ3n) is 4.44. The van der Waals surface area contributed by atoms with E-state index in [1.54, 1.807) is 0 Å². The number of hydrogen-bond donors (Lipinski definition) is 9. The summed E-state index contributed by atoms with van der Waals surface area (Å²) in [7, 11) is 0. The van der Waals surface area contributed by atoms with Gasteiger partial charge in [0.2, 0.25) is 23.6 Å². The van der Waals surface area contributed by atoms with Gasteiger partial charge in [0, 0.05) is 13.0 Å². The molecular weight excluding hydrogens is 468 g/mol. The number of carboxylic acids is 2. The van der Waals surface area contributed by atoms with E-state index in [4.69, 9.17) is 27.4 Å². The summed E-state index contributed by atoms with van der Waals surface area (Å²) in [6.45, 7) is 2.17. The van der Waals surface area contributed by atoms with Crippen LogP contribution in [-0.2, 0) is 28.8 Å². The molecule has 0 bridgehead atoms. The average molecular weight is 503 g/mol. The number of nitrogens with two attached hydrogens (primary N) is 3. The largest absolute Gasteiger partial charge is 0.481 e. The summed E-state index contributed by atoms with van der Waals surface area (Å²) in [5, 5.41) is 27.0. The second kappa shape index (κ2) is 15.8. The minimum Gasteiger partial charge on any atom is -0.481 e. The number of amides is 4. The minimum atomic E-state index is -1.37. The molecule has 0 spiro atoms. The van der Waals surface area contributed by atoms with E-state index in [1.807, 2.05) is 0 Å². The van der Waals surface area contributed by atoms with Crippen molar-refractivity contribution in [1.82, 2.24) is 21.3 Å². The van der Waals surface area contributed by atoms with Crippen molar-refractivity contribution in [3.05, 3.63) is 0 Å². The highest BCUT2D eigenvalue weighted by atomic mass is 16.4. The molecule has 0 aliphatic carbocycles. The summed E-state index contributed by atoms with van der Waals surface area (Å²) in [5.41, 5.74) is 15.9. The van der Waals surface area contributed by atoms with Gasteiger partial charge >= 0.3 is 11.9 Å². The molecule has 0 saturated heterocycles. The highest BCUT2D eigenvalue weighted by Gasteiger charge is 2.29. The number of aliphatic imine (C=N–C) groups is 1. The first-order valence-electron chi connectivity index (χ1n) is 10.7. The number of carboxylic acid groups (broad SMARTS) is 2. The van der Waals surface area contributed by atoms with E-state index in [0.29, 0.717) is 0 Å². The van der Waals surface area contributed by atoms with Crippen molar-refractivity contribution in [2.24, 2.45) is 22.2 Å². The van der Waals surface area contributed by atoms with Gasteiger partial charge in [-0.15, -0.1) is 0 Å². The Morgan fingerprint density at radius 3 is 1.89 bits per heavy atom. The van der Waals surface area contributed by atoms with E-state index in [2.05, 4.69) is 26.3 Å².